The van der Waals surface area contributed by atoms with Gasteiger partial charge in [0.2, 0.25) is 5.91 Å². The third-order valence-corrected chi connectivity index (χ3v) is 6.95. The molecule has 1 heterocycles. The van der Waals surface area contributed by atoms with Crippen molar-refractivity contribution in [1.82, 2.24) is 10.3 Å². The summed E-state index contributed by atoms with van der Waals surface area (Å²) in [6, 6.07) is 5.40. The van der Waals surface area contributed by atoms with Crippen LogP contribution in [-0.2, 0) is 11.2 Å². The number of hydrogen-bond donors (Lipinski definition) is 3. The molecule has 0 atom stereocenters. The molecule has 4 aliphatic rings. The van der Waals surface area contributed by atoms with Gasteiger partial charge in [-0.25, -0.2) is 0 Å². The van der Waals surface area contributed by atoms with Crippen molar-refractivity contribution in [2.24, 2.45) is 23.2 Å². The van der Waals surface area contributed by atoms with Gasteiger partial charge in [0.05, 0.1) is 0 Å². The van der Waals surface area contributed by atoms with Gasteiger partial charge in [-0.1, -0.05) is 0 Å². The van der Waals surface area contributed by atoms with Crippen molar-refractivity contribution < 1.29 is 9.90 Å². The Bertz CT molecular complexity index is 787. The molecular weight excluding hydrogens is 312 g/mol. The molecule has 4 fully saturated rings. The number of nitrogens with one attached hydrogen (secondary N) is 2. The van der Waals surface area contributed by atoms with Crippen LogP contribution in [0.4, 0.5) is 0 Å². The van der Waals surface area contributed by atoms with Gasteiger partial charge in [-0.2, -0.15) is 0 Å². The second-order valence-electron chi connectivity index (χ2n) is 8.75. The first kappa shape index (κ1) is 15.3. The molecule has 0 aliphatic heterocycles. The predicted octanol–water partition coefficient (Wildman–Crippen LogP) is 3.75. The van der Waals surface area contributed by atoms with Crippen LogP contribution < -0.4 is 5.32 Å². The maximum atomic E-state index is 13.0. The minimum atomic E-state index is -0.0548. The third-order valence-electron chi connectivity index (χ3n) is 6.95. The minimum absolute atomic E-state index is 0.0548. The van der Waals surface area contributed by atoms with E-state index in [1.807, 2.05) is 12.3 Å². The van der Waals surface area contributed by atoms with E-state index >= 15 is 0 Å². The second kappa shape index (κ2) is 5.52. The molecular formula is C21H26N2O2. The van der Waals surface area contributed by atoms with E-state index in [4.69, 9.17) is 0 Å². The third kappa shape index (κ3) is 2.54. The summed E-state index contributed by atoms with van der Waals surface area (Å²) in [5, 5.41) is 13.9. The van der Waals surface area contributed by atoms with Crippen LogP contribution in [0.3, 0.4) is 0 Å². The number of carbonyl (C=O) groups is 1. The number of benzene rings is 1. The molecule has 6 rings (SSSR count). The number of H-pyrrole nitrogens is 1. The van der Waals surface area contributed by atoms with Crippen molar-refractivity contribution in [3.63, 3.8) is 0 Å². The Balaban J connectivity index is 1.25. The molecule has 4 heteroatoms. The van der Waals surface area contributed by atoms with Crippen molar-refractivity contribution >= 4 is 16.8 Å². The molecule has 3 N–H and O–H groups in total. The molecule has 4 bridgehead atoms. The average molecular weight is 338 g/mol. The Morgan fingerprint density at radius 1 is 1.16 bits per heavy atom. The highest BCUT2D eigenvalue weighted by atomic mass is 16.3. The van der Waals surface area contributed by atoms with Crippen LogP contribution in [0.15, 0.2) is 24.4 Å². The molecule has 0 spiro atoms. The number of aromatic amines is 1. The van der Waals surface area contributed by atoms with E-state index in [1.54, 1.807) is 12.1 Å². The first-order chi connectivity index (χ1) is 12.1. The molecule has 4 nitrogen and oxygen atoms in total. The van der Waals surface area contributed by atoms with E-state index in [0.717, 1.165) is 54.3 Å². The fourth-order valence-corrected chi connectivity index (χ4v) is 6.27. The first-order valence-corrected chi connectivity index (χ1v) is 9.69. The summed E-state index contributed by atoms with van der Waals surface area (Å²) in [5.41, 5.74) is 2.09. The first-order valence-electron chi connectivity index (χ1n) is 9.69. The van der Waals surface area contributed by atoms with Gasteiger partial charge in [-0.15, -0.1) is 0 Å². The van der Waals surface area contributed by atoms with Crippen LogP contribution in [-0.4, -0.2) is 22.5 Å². The van der Waals surface area contributed by atoms with Crippen LogP contribution >= 0.6 is 0 Å². The number of aromatic hydroxyl groups is 1. The van der Waals surface area contributed by atoms with Crippen molar-refractivity contribution in [3.05, 3.63) is 30.0 Å². The van der Waals surface area contributed by atoms with Gasteiger partial charge < -0.3 is 15.4 Å². The number of phenols is 1. The number of amides is 1. The van der Waals surface area contributed by atoms with Crippen molar-refractivity contribution in [1.29, 1.82) is 0 Å². The lowest BCUT2D eigenvalue weighted by molar-refractivity contribution is -0.146. The number of carbonyl (C=O) groups excluding carboxylic acids is 1. The maximum absolute atomic E-state index is 13.0. The van der Waals surface area contributed by atoms with E-state index in [0.29, 0.717) is 12.5 Å². The number of hydrogen-bond acceptors (Lipinski definition) is 2. The number of rotatable bonds is 4. The Morgan fingerprint density at radius 2 is 1.84 bits per heavy atom. The molecule has 25 heavy (non-hydrogen) atoms. The van der Waals surface area contributed by atoms with Crippen LogP contribution in [0, 0.1) is 23.2 Å². The summed E-state index contributed by atoms with van der Waals surface area (Å²) in [7, 11) is 0. The van der Waals surface area contributed by atoms with E-state index in [-0.39, 0.29) is 11.2 Å². The summed E-state index contributed by atoms with van der Waals surface area (Å²) >= 11 is 0. The standard InChI is InChI=1S/C21H26N2O2/c24-17-1-2-18-16(12-23-19(18)8-17)3-4-22-20(25)21-9-13-5-14(10-21)7-15(6-13)11-21/h1-2,8,12-15,23-24H,3-7,9-11H2,(H,22,25). The fourth-order valence-electron chi connectivity index (χ4n) is 6.27. The summed E-state index contributed by atoms with van der Waals surface area (Å²) in [6.45, 7) is 0.689. The lowest BCUT2D eigenvalue weighted by Crippen LogP contribution is -2.53. The highest BCUT2D eigenvalue weighted by molar-refractivity contribution is 5.85. The normalized spacial score (nSPS) is 33.0. The van der Waals surface area contributed by atoms with Gasteiger partial charge in [0.15, 0.2) is 0 Å². The summed E-state index contributed by atoms with van der Waals surface area (Å²) < 4.78 is 0. The van der Waals surface area contributed by atoms with E-state index in [9.17, 15) is 9.90 Å². The van der Waals surface area contributed by atoms with Gasteiger partial charge in [0.25, 0.3) is 0 Å². The van der Waals surface area contributed by atoms with Crippen LogP contribution in [0.2, 0.25) is 0 Å². The molecule has 0 saturated heterocycles. The Morgan fingerprint density at radius 3 is 2.52 bits per heavy atom. The zero-order chi connectivity index (χ0) is 17.0. The van der Waals surface area contributed by atoms with E-state index in [1.165, 1.54) is 24.8 Å². The summed E-state index contributed by atoms with van der Waals surface area (Å²) in [4.78, 5) is 16.2. The lowest BCUT2D eigenvalue weighted by atomic mass is 9.49. The van der Waals surface area contributed by atoms with E-state index < -0.39 is 0 Å². The fraction of sp³-hybridized carbons (Fsp3) is 0.571. The molecule has 0 unspecified atom stereocenters. The zero-order valence-corrected chi connectivity index (χ0v) is 14.6. The van der Waals surface area contributed by atoms with Gasteiger partial charge in [0.1, 0.15) is 5.75 Å². The SMILES string of the molecule is O=C(NCCc1c[nH]c2cc(O)ccc12)C12CC3CC(CC(C3)C1)C2. The van der Waals surface area contributed by atoms with Crippen molar-refractivity contribution in [2.75, 3.05) is 6.54 Å². The second-order valence-corrected chi connectivity index (χ2v) is 8.75. The largest absolute Gasteiger partial charge is 0.508 e. The molecule has 1 amide bonds. The molecule has 0 radical (unpaired) electrons. The topological polar surface area (TPSA) is 65.1 Å². The van der Waals surface area contributed by atoms with Crippen LogP contribution in [0.5, 0.6) is 5.75 Å². The number of aromatic nitrogens is 1. The highest BCUT2D eigenvalue weighted by Gasteiger charge is 2.54. The molecule has 2 aromatic rings. The summed E-state index contributed by atoms with van der Waals surface area (Å²) in [6.07, 6.45) is 10.3. The quantitative estimate of drug-likeness (QED) is 0.795. The van der Waals surface area contributed by atoms with Gasteiger partial charge in [-0.05, 0) is 80.4 Å². The molecule has 1 aromatic carbocycles. The average Bonchev–Trinajstić information content (AvgIpc) is 2.95. The van der Waals surface area contributed by atoms with E-state index in [2.05, 4.69) is 10.3 Å². The van der Waals surface area contributed by atoms with Crippen LogP contribution in [0.25, 0.3) is 10.9 Å². The molecule has 1 aromatic heterocycles. The van der Waals surface area contributed by atoms with Crippen molar-refractivity contribution in [2.45, 2.75) is 44.9 Å². The Labute approximate surface area is 148 Å². The lowest BCUT2D eigenvalue weighted by Gasteiger charge is -2.55. The van der Waals surface area contributed by atoms with Crippen LogP contribution in [0.1, 0.15) is 44.1 Å². The van der Waals surface area contributed by atoms with Gasteiger partial charge >= 0.3 is 0 Å². The molecule has 4 saturated carbocycles. The smallest absolute Gasteiger partial charge is 0.226 e. The maximum Gasteiger partial charge on any atom is 0.226 e. The number of phenolic OH excluding ortho intramolecular Hbond substituents is 1. The van der Waals surface area contributed by atoms with Crippen molar-refractivity contribution in [3.8, 4) is 5.75 Å². The Hall–Kier alpha value is -1.97. The summed E-state index contributed by atoms with van der Waals surface area (Å²) in [5.74, 6) is 3.00. The van der Waals surface area contributed by atoms with Gasteiger partial charge in [-0.3, -0.25) is 4.79 Å². The molecule has 4 aliphatic carbocycles. The zero-order valence-electron chi connectivity index (χ0n) is 14.6. The Kier molecular flexibility index (Phi) is 3.37. The highest BCUT2D eigenvalue weighted by Crippen LogP contribution is 2.60. The molecule has 132 valence electrons. The monoisotopic (exact) mass is 338 g/mol. The predicted molar refractivity (Wildman–Crippen MR) is 97.3 cm³/mol. The van der Waals surface area contributed by atoms with Gasteiger partial charge in [0, 0.05) is 35.1 Å². The minimum Gasteiger partial charge on any atom is -0.508 e. The number of fused-ring (bicyclic) bond motifs is 1.